The van der Waals surface area contributed by atoms with Crippen molar-refractivity contribution in [1.29, 1.82) is 0 Å². The zero-order valence-electron chi connectivity index (χ0n) is 16.2. The third-order valence-electron chi connectivity index (χ3n) is 4.36. The Morgan fingerprint density at radius 2 is 1.86 bits per heavy atom. The lowest BCUT2D eigenvalue weighted by Crippen LogP contribution is -2.39. The number of hydrogen-bond donors (Lipinski definition) is 0. The molecule has 0 unspecified atom stereocenters. The summed E-state index contributed by atoms with van der Waals surface area (Å²) in [6.45, 7) is 4.04. The predicted molar refractivity (Wildman–Crippen MR) is 109 cm³/mol. The molecule has 2 heterocycles. The highest BCUT2D eigenvalue weighted by Crippen LogP contribution is 2.20. The number of imidazole rings is 1. The fraction of sp³-hybridized carbons (Fsp3) is 0.286. The van der Waals surface area contributed by atoms with Gasteiger partial charge in [-0.25, -0.2) is 9.78 Å². The number of pyridine rings is 1. The fourth-order valence-electron chi connectivity index (χ4n) is 2.92. The van der Waals surface area contributed by atoms with Gasteiger partial charge in [0, 0.05) is 18.8 Å². The first-order chi connectivity index (χ1) is 13.5. The Labute approximate surface area is 168 Å². The molecular weight excluding hydrogens is 374 g/mol. The van der Waals surface area contributed by atoms with Crippen LogP contribution in [-0.2, 0) is 16.1 Å². The van der Waals surface area contributed by atoms with Gasteiger partial charge in [-0.3, -0.25) is 9.20 Å². The second-order valence-corrected chi connectivity index (χ2v) is 7.35. The van der Waals surface area contributed by atoms with Crippen molar-refractivity contribution in [2.75, 3.05) is 12.9 Å². The Balaban J connectivity index is 1.70. The van der Waals surface area contributed by atoms with Crippen LogP contribution in [0, 0.1) is 0 Å². The molecule has 7 heteroatoms. The fourth-order valence-corrected chi connectivity index (χ4v) is 3.46. The zero-order chi connectivity index (χ0) is 20.1. The van der Waals surface area contributed by atoms with Crippen molar-refractivity contribution in [2.24, 2.45) is 0 Å². The first kappa shape index (κ1) is 19.9. The van der Waals surface area contributed by atoms with Gasteiger partial charge in [-0.15, -0.1) is 0 Å². The quantitative estimate of drug-likeness (QED) is 0.450. The largest absolute Gasteiger partial charge is 0.451 e. The molecule has 0 saturated heterocycles. The van der Waals surface area contributed by atoms with Gasteiger partial charge in [-0.05, 0) is 37.8 Å². The maximum absolute atomic E-state index is 12.7. The van der Waals surface area contributed by atoms with Crippen LogP contribution in [0.3, 0.4) is 0 Å². The van der Waals surface area contributed by atoms with E-state index in [0.717, 1.165) is 5.56 Å². The highest BCUT2D eigenvalue weighted by Gasteiger charge is 2.22. The molecule has 0 spiro atoms. The summed E-state index contributed by atoms with van der Waals surface area (Å²) in [4.78, 5) is 31.3. The molecule has 1 aromatic carbocycles. The molecule has 0 fully saturated rings. The van der Waals surface area contributed by atoms with E-state index < -0.39 is 5.97 Å². The normalized spacial score (nSPS) is 11.0. The Hall–Kier alpha value is -2.80. The van der Waals surface area contributed by atoms with E-state index in [9.17, 15) is 9.59 Å². The summed E-state index contributed by atoms with van der Waals surface area (Å²) >= 11 is 1.44. The average molecular weight is 398 g/mol. The number of ether oxygens (including phenoxy) is 1. The number of nitrogens with zero attached hydrogens (tertiary/aromatic N) is 3. The number of thioether (sulfide) groups is 1. The van der Waals surface area contributed by atoms with E-state index in [2.05, 4.69) is 4.98 Å². The molecule has 0 radical (unpaired) electrons. The minimum atomic E-state index is -0.597. The molecule has 0 aliphatic rings. The molecule has 3 rings (SSSR count). The molecule has 0 atom stereocenters. The van der Waals surface area contributed by atoms with E-state index in [0.29, 0.717) is 17.2 Å². The van der Waals surface area contributed by atoms with Crippen LogP contribution in [0.4, 0.5) is 0 Å². The van der Waals surface area contributed by atoms with Crippen LogP contribution < -0.4 is 0 Å². The summed E-state index contributed by atoms with van der Waals surface area (Å²) in [5.74, 6) is -0.832. The molecular formula is C21H23N3O3S. The minimum Gasteiger partial charge on any atom is -0.451 e. The number of carbonyl (C=O) groups excluding carboxylic acids is 2. The van der Waals surface area contributed by atoms with Gasteiger partial charge in [0.25, 0.3) is 5.91 Å². The van der Waals surface area contributed by atoms with Crippen LogP contribution in [0.15, 0.2) is 59.9 Å². The van der Waals surface area contributed by atoms with Crippen molar-refractivity contribution in [1.82, 2.24) is 14.3 Å². The van der Waals surface area contributed by atoms with Gasteiger partial charge in [-0.2, -0.15) is 0 Å². The lowest BCUT2D eigenvalue weighted by Gasteiger charge is -2.26. The Morgan fingerprint density at radius 3 is 2.54 bits per heavy atom. The minimum absolute atomic E-state index is 0.0112. The van der Waals surface area contributed by atoms with E-state index in [1.807, 2.05) is 73.2 Å². The average Bonchev–Trinajstić information content (AvgIpc) is 3.09. The number of carbonyl (C=O) groups is 2. The van der Waals surface area contributed by atoms with Crippen molar-refractivity contribution < 1.29 is 14.3 Å². The number of rotatable bonds is 7. The van der Waals surface area contributed by atoms with E-state index in [-0.39, 0.29) is 24.2 Å². The van der Waals surface area contributed by atoms with Crippen molar-refractivity contribution in [3.8, 4) is 0 Å². The molecule has 0 aliphatic heterocycles. The number of hydrogen-bond acceptors (Lipinski definition) is 5. The summed E-state index contributed by atoms with van der Waals surface area (Å²) in [5.41, 5.74) is 1.91. The molecule has 3 aromatic rings. The first-order valence-electron chi connectivity index (χ1n) is 9.03. The molecule has 146 valence electrons. The standard InChI is InChI=1S/C21H23N3O3S/c1-15(2)24(13-16-9-5-4-6-10-16)18(25)14-27-20(26)19-17-11-7-8-12-23(17)21(22-19)28-3/h4-12,15H,13-14H2,1-3H3. The molecule has 0 N–H and O–H groups in total. The topological polar surface area (TPSA) is 63.9 Å². The summed E-state index contributed by atoms with van der Waals surface area (Å²) in [6.07, 6.45) is 3.74. The van der Waals surface area contributed by atoms with Gasteiger partial charge in [0.15, 0.2) is 17.5 Å². The first-order valence-corrected chi connectivity index (χ1v) is 10.2. The number of esters is 1. The molecule has 0 saturated carbocycles. The summed E-state index contributed by atoms with van der Waals surface area (Å²) in [6, 6.07) is 15.2. The lowest BCUT2D eigenvalue weighted by molar-refractivity contribution is -0.136. The Kier molecular flexibility index (Phi) is 6.36. The van der Waals surface area contributed by atoms with E-state index in [1.165, 1.54) is 11.8 Å². The maximum atomic E-state index is 12.7. The SMILES string of the molecule is CSc1nc(C(=O)OCC(=O)N(Cc2ccccc2)C(C)C)c2ccccn12. The number of amides is 1. The Bertz CT molecular complexity index is 969. The third kappa shape index (κ3) is 4.36. The van der Waals surface area contributed by atoms with Crippen molar-refractivity contribution in [3.05, 3.63) is 66.0 Å². The second-order valence-electron chi connectivity index (χ2n) is 6.58. The van der Waals surface area contributed by atoms with Gasteiger partial charge in [-0.1, -0.05) is 48.2 Å². The van der Waals surface area contributed by atoms with Crippen LogP contribution >= 0.6 is 11.8 Å². The van der Waals surface area contributed by atoms with Crippen LogP contribution in [-0.4, -0.2) is 45.1 Å². The van der Waals surface area contributed by atoms with E-state index in [1.54, 1.807) is 11.0 Å². The monoisotopic (exact) mass is 397 g/mol. The molecule has 0 aliphatic carbocycles. The maximum Gasteiger partial charge on any atom is 0.359 e. The van der Waals surface area contributed by atoms with Gasteiger partial charge >= 0.3 is 5.97 Å². The number of aromatic nitrogens is 2. The van der Waals surface area contributed by atoms with Crippen LogP contribution in [0.2, 0.25) is 0 Å². The van der Waals surface area contributed by atoms with Crippen LogP contribution in [0.1, 0.15) is 29.9 Å². The third-order valence-corrected chi connectivity index (χ3v) is 5.01. The van der Waals surface area contributed by atoms with Crippen LogP contribution in [0.5, 0.6) is 0 Å². The van der Waals surface area contributed by atoms with Crippen molar-refractivity contribution in [2.45, 2.75) is 31.6 Å². The molecule has 28 heavy (non-hydrogen) atoms. The van der Waals surface area contributed by atoms with E-state index in [4.69, 9.17) is 4.74 Å². The molecule has 0 bridgehead atoms. The second kappa shape index (κ2) is 8.93. The van der Waals surface area contributed by atoms with Crippen molar-refractivity contribution in [3.63, 3.8) is 0 Å². The van der Waals surface area contributed by atoms with Gasteiger partial charge < -0.3 is 9.64 Å². The summed E-state index contributed by atoms with van der Waals surface area (Å²) in [7, 11) is 0. The van der Waals surface area contributed by atoms with Gasteiger partial charge in [0.1, 0.15) is 0 Å². The van der Waals surface area contributed by atoms with Gasteiger partial charge in [0.05, 0.1) is 5.52 Å². The number of benzene rings is 1. The van der Waals surface area contributed by atoms with Crippen molar-refractivity contribution >= 4 is 29.2 Å². The Morgan fingerprint density at radius 1 is 1.14 bits per heavy atom. The molecule has 6 nitrogen and oxygen atoms in total. The number of fused-ring (bicyclic) bond motifs is 1. The molecule has 1 amide bonds. The zero-order valence-corrected chi connectivity index (χ0v) is 17.0. The van der Waals surface area contributed by atoms with Gasteiger partial charge in [0.2, 0.25) is 0 Å². The lowest BCUT2D eigenvalue weighted by atomic mass is 10.2. The highest BCUT2D eigenvalue weighted by molar-refractivity contribution is 7.98. The smallest absolute Gasteiger partial charge is 0.359 e. The molecule has 2 aromatic heterocycles. The summed E-state index contributed by atoms with van der Waals surface area (Å²) in [5, 5.41) is 0.696. The van der Waals surface area contributed by atoms with Crippen LogP contribution in [0.25, 0.3) is 5.52 Å². The predicted octanol–water partition coefficient (Wildman–Crippen LogP) is 3.65. The van der Waals surface area contributed by atoms with E-state index >= 15 is 0 Å². The summed E-state index contributed by atoms with van der Waals surface area (Å²) < 4.78 is 7.14. The highest BCUT2D eigenvalue weighted by atomic mass is 32.2.